The largest absolute Gasteiger partial charge is 0.399 e. The van der Waals surface area contributed by atoms with Gasteiger partial charge in [-0.1, -0.05) is 45.0 Å². The van der Waals surface area contributed by atoms with E-state index in [9.17, 15) is 14.7 Å². The number of rotatable bonds is 12. The number of carbonyl (C=O) groups is 2. The average molecular weight is 535 g/mol. The molecule has 1 atom stereocenters. The Morgan fingerprint density at radius 3 is 2.45 bits per heavy atom. The molecular weight excluding hydrogens is 496 g/mol. The van der Waals surface area contributed by atoms with Gasteiger partial charge in [0.15, 0.2) is 0 Å². The Morgan fingerprint density at radius 2 is 1.79 bits per heavy atom. The van der Waals surface area contributed by atoms with Crippen molar-refractivity contribution < 1.29 is 14.7 Å². The molecule has 0 fully saturated rings. The number of hydrogen-bond acceptors (Lipinski definition) is 6. The first-order valence-electron chi connectivity index (χ1n) is 12.8. The van der Waals surface area contributed by atoms with E-state index in [4.69, 9.17) is 11.5 Å². The van der Waals surface area contributed by atoms with Gasteiger partial charge in [-0.05, 0) is 71.5 Å². The van der Waals surface area contributed by atoms with Crippen LogP contribution in [0.2, 0.25) is 0 Å². The van der Waals surface area contributed by atoms with E-state index < -0.39 is 11.9 Å². The Morgan fingerprint density at radius 1 is 1.03 bits per heavy atom. The highest BCUT2D eigenvalue weighted by atomic mass is 32.2. The summed E-state index contributed by atoms with van der Waals surface area (Å²) < 4.78 is 0. The summed E-state index contributed by atoms with van der Waals surface area (Å²) in [6.45, 7) is 6.77. The normalized spacial score (nSPS) is 11.8. The van der Waals surface area contributed by atoms with Gasteiger partial charge in [-0.15, -0.1) is 11.8 Å². The molecule has 38 heavy (non-hydrogen) atoms. The predicted molar refractivity (Wildman–Crippen MR) is 156 cm³/mol. The summed E-state index contributed by atoms with van der Waals surface area (Å²) in [5, 5.41) is 13.2. The summed E-state index contributed by atoms with van der Waals surface area (Å²) in [7, 11) is 1.78. The molecule has 6 N–H and O–H groups in total. The van der Waals surface area contributed by atoms with Crippen molar-refractivity contribution in [2.45, 2.75) is 56.3 Å². The highest BCUT2D eigenvalue weighted by Gasteiger charge is 2.26. The van der Waals surface area contributed by atoms with Gasteiger partial charge in [-0.3, -0.25) is 9.59 Å². The smallest absolute Gasteiger partial charge is 0.249 e. The monoisotopic (exact) mass is 534 g/mol. The first kappa shape index (κ1) is 29.1. The zero-order chi connectivity index (χ0) is 27.8. The van der Waals surface area contributed by atoms with Gasteiger partial charge in [0.2, 0.25) is 11.8 Å². The zero-order valence-electron chi connectivity index (χ0n) is 22.5. The van der Waals surface area contributed by atoms with Crippen molar-refractivity contribution in [3.8, 4) is 0 Å². The van der Waals surface area contributed by atoms with Crippen LogP contribution in [0.15, 0.2) is 65.6 Å². The first-order chi connectivity index (χ1) is 18.1. The van der Waals surface area contributed by atoms with E-state index in [0.717, 1.165) is 33.6 Å². The predicted octanol–water partition coefficient (Wildman–Crippen LogP) is 4.78. The molecule has 0 unspecified atom stereocenters. The number of anilines is 2. The number of carbonyl (C=O) groups excluding carboxylic acids is 2. The van der Waals surface area contributed by atoms with Crippen molar-refractivity contribution in [2.75, 3.05) is 24.7 Å². The molecule has 0 bridgehead atoms. The van der Waals surface area contributed by atoms with E-state index in [2.05, 4.69) is 26.1 Å². The highest BCUT2D eigenvalue weighted by Crippen LogP contribution is 2.31. The molecule has 0 heterocycles. The fourth-order valence-electron chi connectivity index (χ4n) is 4.38. The van der Waals surface area contributed by atoms with Crippen molar-refractivity contribution in [1.29, 1.82) is 0 Å². The van der Waals surface area contributed by atoms with Gasteiger partial charge >= 0.3 is 0 Å². The maximum absolute atomic E-state index is 14.0. The number of benzene rings is 3. The van der Waals surface area contributed by atoms with Crippen LogP contribution in [-0.4, -0.2) is 40.7 Å². The second-order valence-electron chi connectivity index (χ2n) is 9.61. The number of hydrogen-bond donors (Lipinski definition) is 4. The Balaban J connectivity index is 1.99. The van der Waals surface area contributed by atoms with E-state index in [1.165, 1.54) is 0 Å². The quantitative estimate of drug-likeness (QED) is 0.196. The summed E-state index contributed by atoms with van der Waals surface area (Å²) in [5.74, 6) is -0.665. The van der Waals surface area contributed by atoms with Crippen LogP contribution in [0.25, 0.3) is 0 Å². The zero-order valence-corrected chi connectivity index (χ0v) is 23.3. The lowest BCUT2D eigenvalue weighted by molar-refractivity contribution is -0.131. The molecule has 0 radical (unpaired) electrons. The Bertz CT molecular complexity index is 1280. The maximum Gasteiger partial charge on any atom is 0.249 e. The fourth-order valence-corrected chi connectivity index (χ4v) is 5.31. The fraction of sp³-hybridized carbons (Fsp3) is 0.333. The lowest BCUT2D eigenvalue weighted by atomic mass is 9.95. The van der Waals surface area contributed by atoms with Crippen LogP contribution < -0.4 is 16.8 Å². The van der Waals surface area contributed by atoms with Crippen LogP contribution in [-0.2, 0) is 24.2 Å². The number of primary amides is 1. The van der Waals surface area contributed by atoms with E-state index >= 15 is 0 Å². The molecule has 2 amide bonds. The van der Waals surface area contributed by atoms with E-state index in [0.29, 0.717) is 35.2 Å². The molecule has 3 aromatic carbocycles. The molecule has 0 aliphatic heterocycles. The highest BCUT2D eigenvalue weighted by molar-refractivity contribution is 8.00. The van der Waals surface area contributed by atoms with E-state index in [-0.39, 0.29) is 12.5 Å². The van der Waals surface area contributed by atoms with Gasteiger partial charge in [0.25, 0.3) is 0 Å². The molecule has 7 nitrogen and oxygen atoms in total. The van der Waals surface area contributed by atoms with Crippen molar-refractivity contribution in [1.82, 2.24) is 4.90 Å². The molecule has 8 heteroatoms. The van der Waals surface area contributed by atoms with Crippen molar-refractivity contribution >= 4 is 35.0 Å². The molecule has 0 aliphatic rings. The molecule has 0 saturated carbocycles. The van der Waals surface area contributed by atoms with Crippen LogP contribution in [0.3, 0.4) is 0 Å². The van der Waals surface area contributed by atoms with Crippen molar-refractivity contribution in [3.05, 3.63) is 88.5 Å². The second kappa shape index (κ2) is 13.3. The van der Waals surface area contributed by atoms with Gasteiger partial charge in [0, 0.05) is 47.3 Å². The number of nitrogens with two attached hydrogens (primary N) is 2. The van der Waals surface area contributed by atoms with Gasteiger partial charge in [0.1, 0.15) is 6.04 Å². The summed E-state index contributed by atoms with van der Waals surface area (Å²) in [6, 6.07) is 17.9. The number of nitrogen functional groups attached to an aromatic ring is 1. The Kier molecular flexibility index (Phi) is 10.2. The van der Waals surface area contributed by atoms with Crippen LogP contribution in [0.1, 0.15) is 59.4 Å². The van der Waals surface area contributed by atoms with Gasteiger partial charge in [-0.2, -0.15) is 0 Å². The number of thioether (sulfide) groups is 1. The lowest BCUT2D eigenvalue weighted by Gasteiger charge is -2.27. The minimum absolute atomic E-state index is 0.0620. The summed E-state index contributed by atoms with van der Waals surface area (Å²) >= 11 is 1.74. The summed E-state index contributed by atoms with van der Waals surface area (Å²) in [6.07, 6.45) is 1.33. The minimum Gasteiger partial charge on any atom is -0.399 e. The van der Waals surface area contributed by atoms with Crippen molar-refractivity contribution in [3.63, 3.8) is 0 Å². The van der Waals surface area contributed by atoms with E-state index in [1.807, 2.05) is 42.5 Å². The number of aliphatic hydroxyl groups is 1. The number of nitrogens with one attached hydrogen (secondary N) is 1. The minimum atomic E-state index is -0.709. The van der Waals surface area contributed by atoms with Crippen LogP contribution in [0.5, 0.6) is 0 Å². The van der Waals surface area contributed by atoms with Crippen LogP contribution in [0.4, 0.5) is 11.4 Å². The third-order valence-electron chi connectivity index (χ3n) is 6.26. The maximum atomic E-state index is 14.0. The Labute approximate surface area is 229 Å². The third kappa shape index (κ3) is 7.52. The summed E-state index contributed by atoms with van der Waals surface area (Å²) in [4.78, 5) is 28.5. The van der Waals surface area contributed by atoms with Crippen molar-refractivity contribution in [2.24, 2.45) is 5.73 Å². The van der Waals surface area contributed by atoms with Gasteiger partial charge in [0.05, 0.1) is 0 Å². The molecule has 0 spiro atoms. The molecule has 3 aromatic rings. The van der Waals surface area contributed by atoms with Crippen LogP contribution in [0, 0.1) is 0 Å². The number of likely N-dealkylation sites (N-methyl/N-ethyl adjacent to an activating group) is 1. The number of nitrogens with zero attached hydrogens (tertiary/aromatic N) is 1. The molecule has 0 saturated heterocycles. The van der Waals surface area contributed by atoms with Gasteiger partial charge < -0.3 is 26.8 Å². The Hall–Kier alpha value is -3.49. The molecule has 202 valence electrons. The molecule has 0 aliphatic carbocycles. The summed E-state index contributed by atoms with van der Waals surface area (Å²) in [5.41, 5.74) is 17.1. The van der Waals surface area contributed by atoms with E-state index in [1.54, 1.807) is 41.9 Å². The second-order valence-corrected chi connectivity index (χ2v) is 11.2. The molecular formula is C30H38N4O3S. The number of aliphatic hydroxyl groups excluding tert-OH is 1. The molecule has 0 aromatic heterocycles. The standard InChI is InChI=1S/C30H38N4O3S/c1-5-20-15-22(10-9-21(20)13-14-35)28(33-26-8-6-7-23(17-26)29(32)36)30(37)34(4)18-24-16-25(31)11-12-27(24)38-19(2)3/h6-12,15-17,19,28,33,35H,5,13-14,18,31H2,1-4H3,(H2,32,36)/t28-/m1/s1. The number of aryl methyl sites for hydroxylation is 1. The third-order valence-corrected chi connectivity index (χ3v) is 7.39. The van der Waals surface area contributed by atoms with Crippen LogP contribution >= 0.6 is 11.8 Å². The lowest BCUT2D eigenvalue weighted by Crippen LogP contribution is -2.35. The average Bonchev–Trinajstić information content (AvgIpc) is 2.88. The topological polar surface area (TPSA) is 122 Å². The SMILES string of the molecule is CCc1cc([C@@H](Nc2cccc(C(N)=O)c2)C(=O)N(C)Cc2cc(N)ccc2SC(C)C)ccc1CCO. The number of amides is 2. The van der Waals surface area contributed by atoms with Gasteiger partial charge in [-0.25, -0.2) is 0 Å². The molecule has 3 rings (SSSR count). The first-order valence-corrected chi connectivity index (χ1v) is 13.7.